The molecule has 1 N–H and O–H groups in total. The Hall–Kier alpha value is -2.27. The summed E-state index contributed by atoms with van der Waals surface area (Å²) in [6.45, 7) is 1.18. The van der Waals surface area contributed by atoms with E-state index in [9.17, 15) is 14.3 Å². The molecule has 4 nitrogen and oxygen atoms in total. The van der Waals surface area contributed by atoms with Gasteiger partial charge in [0.1, 0.15) is 0 Å². The first-order valence-electron chi connectivity index (χ1n) is 7.79. The Bertz CT molecular complexity index is 652. The van der Waals surface area contributed by atoms with Crippen molar-refractivity contribution < 1.29 is 14.3 Å². The highest BCUT2D eigenvalue weighted by atomic mass is 19.1. The van der Waals surface area contributed by atoms with E-state index in [4.69, 9.17) is 0 Å². The minimum atomic E-state index is -0.591. The van der Waals surface area contributed by atoms with Crippen LogP contribution in [0.25, 0.3) is 0 Å². The third kappa shape index (κ3) is 3.56. The third-order valence-corrected chi connectivity index (χ3v) is 4.39. The van der Waals surface area contributed by atoms with Crippen molar-refractivity contribution in [3.8, 4) is 0 Å². The number of rotatable bonds is 3. The second-order valence-corrected chi connectivity index (χ2v) is 5.85. The van der Waals surface area contributed by atoms with Gasteiger partial charge in [-0.05, 0) is 36.5 Å². The fourth-order valence-electron chi connectivity index (χ4n) is 3.03. The van der Waals surface area contributed by atoms with Gasteiger partial charge in [0.25, 0.3) is 5.91 Å². The van der Waals surface area contributed by atoms with Crippen molar-refractivity contribution in [1.82, 2.24) is 9.88 Å². The van der Waals surface area contributed by atoms with Crippen LogP contribution in [0.3, 0.4) is 0 Å². The molecule has 0 spiro atoms. The molecule has 120 valence electrons. The number of hydrogen-bond acceptors (Lipinski definition) is 3. The summed E-state index contributed by atoms with van der Waals surface area (Å²) in [4.78, 5) is 17.6. The molecule has 1 saturated heterocycles. The van der Waals surface area contributed by atoms with Crippen molar-refractivity contribution in [3.63, 3.8) is 0 Å². The Balaban J connectivity index is 1.60. The Morgan fingerprint density at radius 2 is 1.87 bits per heavy atom. The molecule has 1 amide bonds. The van der Waals surface area contributed by atoms with Gasteiger partial charge in [-0.2, -0.15) is 4.39 Å². The molecular weight excluding hydrogens is 295 g/mol. The molecule has 23 heavy (non-hydrogen) atoms. The topological polar surface area (TPSA) is 53.4 Å². The van der Waals surface area contributed by atoms with E-state index in [0.29, 0.717) is 18.7 Å². The summed E-state index contributed by atoms with van der Waals surface area (Å²) in [5, 5.41) is 10.5. The number of carbonyl (C=O) groups is 1. The minimum absolute atomic E-state index is 0.134. The van der Waals surface area contributed by atoms with Gasteiger partial charge >= 0.3 is 0 Å². The van der Waals surface area contributed by atoms with Gasteiger partial charge in [0.15, 0.2) is 0 Å². The molecule has 2 aromatic rings. The van der Waals surface area contributed by atoms with Gasteiger partial charge in [-0.1, -0.05) is 30.3 Å². The number of piperidine rings is 1. The molecule has 1 aromatic carbocycles. The van der Waals surface area contributed by atoms with Crippen LogP contribution in [0.1, 0.15) is 34.9 Å². The van der Waals surface area contributed by atoms with E-state index < -0.39 is 12.1 Å². The van der Waals surface area contributed by atoms with Crippen LogP contribution < -0.4 is 0 Å². The van der Waals surface area contributed by atoms with Crippen LogP contribution in [0, 0.1) is 11.9 Å². The Labute approximate surface area is 134 Å². The van der Waals surface area contributed by atoms with Crippen LogP contribution in [0.4, 0.5) is 4.39 Å². The standard InChI is InChI=1S/C18H19FN2O2/c19-16-7-6-15(12-20-16)18(23)21-10-8-14(9-11-21)17(22)13-4-2-1-3-5-13/h1-7,12,14,17,22H,8-11H2. The van der Waals surface area contributed by atoms with Crippen LogP contribution in [-0.2, 0) is 0 Å². The van der Waals surface area contributed by atoms with E-state index >= 15 is 0 Å². The minimum Gasteiger partial charge on any atom is -0.388 e. The molecule has 2 heterocycles. The van der Waals surface area contributed by atoms with Crippen molar-refractivity contribution in [2.45, 2.75) is 18.9 Å². The molecule has 1 atom stereocenters. The lowest BCUT2D eigenvalue weighted by molar-refractivity contribution is 0.0462. The summed E-state index contributed by atoms with van der Waals surface area (Å²) in [7, 11) is 0. The largest absolute Gasteiger partial charge is 0.388 e. The molecule has 1 unspecified atom stereocenters. The van der Waals surface area contributed by atoms with Crippen LogP contribution in [0.5, 0.6) is 0 Å². The number of likely N-dealkylation sites (tertiary alicyclic amines) is 1. The maximum Gasteiger partial charge on any atom is 0.255 e. The van der Waals surface area contributed by atoms with Crippen LogP contribution >= 0.6 is 0 Å². The fraction of sp³-hybridized carbons (Fsp3) is 0.333. The normalized spacial score (nSPS) is 17.0. The van der Waals surface area contributed by atoms with Crippen LogP contribution in [0.2, 0.25) is 0 Å². The quantitative estimate of drug-likeness (QED) is 0.886. The summed E-state index contributed by atoms with van der Waals surface area (Å²) in [5.74, 6) is -0.579. The predicted molar refractivity (Wildman–Crippen MR) is 84.2 cm³/mol. The number of halogens is 1. The molecule has 1 aliphatic rings. The fourth-order valence-corrected chi connectivity index (χ4v) is 3.03. The first-order valence-corrected chi connectivity index (χ1v) is 7.79. The van der Waals surface area contributed by atoms with E-state index in [-0.39, 0.29) is 11.8 Å². The predicted octanol–water partition coefficient (Wildman–Crippen LogP) is 2.81. The van der Waals surface area contributed by atoms with E-state index in [0.717, 1.165) is 18.4 Å². The summed E-state index contributed by atoms with van der Waals surface area (Å²) in [5.41, 5.74) is 1.31. The molecule has 5 heteroatoms. The van der Waals surface area contributed by atoms with Crippen molar-refractivity contribution in [2.24, 2.45) is 5.92 Å². The Kier molecular flexibility index (Phi) is 4.67. The Morgan fingerprint density at radius 1 is 1.17 bits per heavy atom. The van der Waals surface area contributed by atoms with Crippen LogP contribution in [0.15, 0.2) is 48.7 Å². The summed E-state index contributed by atoms with van der Waals surface area (Å²) in [6, 6.07) is 12.2. The first kappa shape index (κ1) is 15.6. The molecule has 0 radical (unpaired) electrons. The molecule has 0 saturated carbocycles. The summed E-state index contributed by atoms with van der Waals surface area (Å²) in [6.07, 6.45) is 2.26. The number of aliphatic hydroxyl groups is 1. The number of carbonyl (C=O) groups excluding carboxylic acids is 1. The zero-order valence-corrected chi connectivity index (χ0v) is 12.7. The number of benzene rings is 1. The van der Waals surface area contributed by atoms with Gasteiger partial charge < -0.3 is 10.0 Å². The van der Waals surface area contributed by atoms with Gasteiger partial charge in [-0.25, -0.2) is 4.98 Å². The maximum atomic E-state index is 12.8. The average Bonchev–Trinajstić information content (AvgIpc) is 2.62. The zero-order chi connectivity index (χ0) is 16.2. The Morgan fingerprint density at radius 3 is 2.48 bits per heavy atom. The van der Waals surface area contributed by atoms with Gasteiger partial charge in [0, 0.05) is 19.3 Å². The molecule has 0 aliphatic carbocycles. The molecule has 1 aromatic heterocycles. The number of aliphatic hydroxyl groups excluding tert-OH is 1. The maximum absolute atomic E-state index is 12.8. The highest BCUT2D eigenvalue weighted by Crippen LogP contribution is 2.30. The number of pyridine rings is 1. The second-order valence-electron chi connectivity index (χ2n) is 5.85. The second kappa shape index (κ2) is 6.87. The van der Waals surface area contributed by atoms with Crippen molar-refractivity contribution >= 4 is 5.91 Å². The van der Waals surface area contributed by atoms with Gasteiger partial charge in [-0.3, -0.25) is 4.79 Å². The van der Waals surface area contributed by atoms with Crippen molar-refractivity contribution in [1.29, 1.82) is 0 Å². The van der Waals surface area contributed by atoms with E-state index in [1.54, 1.807) is 4.90 Å². The molecule has 0 bridgehead atoms. The number of hydrogen-bond donors (Lipinski definition) is 1. The van der Waals surface area contributed by atoms with E-state index in [2.05, 4.69) is 4.98 Å². The van der Waals surface area contributed by atoms with Crippen molar-refractivity contribution in [3.05, 3.63) is 65.7 Å². The summed E-state index contributed by atoms with van der Waals surface area (Å²) >= 11 is 0. The SMILES string of the molecule is O=C(c1ccc(F)nc1)N1CCC(C(O)c2ccccc2)CC1. The number of aromatic nitrogens is 1. The van der Waals surface area contributed by atoms with E-state index in [1.165, 1.54) is 18.3 Å². The highest BCUT2D eigenvalue weighted by Gasteiger charge is 2.28. The van der Waals surface area contributed by atoms with Crippen LogP contribution in [-0.4, -0.2) is 34.0 Å². The monoisotopic (exact) mass is 314 g/mol. The molecule has 1 aliphatic heterocycles. The smallest absolute Gasteiger partial charge is 0.255 e. The highest BCUT2D eigenvalue weighted by molar-refractivity contribution is 5.93. The van der Waals surface area contributed by atoms with Crippen molar-refractivity contribution in [2.75, 3.05) is 13.1 Å². The summed E-state index contributed by atoms with van der Waals surface area (Å²) < 4.78 is 12.8. The molecule has 1 fully saturated rings. The van der Waals surface area contributed by atoms with Gasteiger partial charge in [0.2, 0.25) is 5.95 Å². The lowest BCUT2D eigenvalue weighted by Gasteiger charge is -2.34. The zero-order valence-electron chi connectivity index (χ0n) is 12.7. The average molecular weight is 314 g/mol. The number of nitrogens with zero attached hydrogens (tertiary/aromatic N) is 2. The first-order chi connectivity index (χ1) is 11.1. The lowest BCUT2D eigenvalue weighted by atomic mass is 9.87. The lowest BCUT2D eigenvalue weighted by Crippen LogP contribution is -2.39. The number of amides is 1. The van der Waals surface area contributed by atoms with Gasteiger partial charge in [-0.15, -0.1) is 0 Å². The van der Waals surface area contributed by atoms with Gasteiger partial charge in [0.05, 0.1) is 11.7 Å². The molecular formula is C18H19FN2O2. The third-order valence-electron chi connectivity index (χ3n) is 4.39. The molecule has 3 rings (SSSR count). The van der Waals surface area contributed by atoms with E-state index in [1.807, 2.05) is 30.3 Å².